The van der Waals surface area contributed by atoms with Crippen LogP contribution < -0.4 is 10.7 Å². The summed E-state index contributed by atoms with van der Waals surface area (Å²) in [6, 6.07) is 9.00. The Hall–Kier alpha value is -1.65. The zero-order chi connectivity index (χ0) is 13.8. The minimum atomic E-state index is -0.0447. The Morgan fingerprint density at radius 1 is 1.37 bits per heavy atom. The molecule has 0 saturated carbocycles. The Morgan fingerprint density at radius 3 is 2.84 bits per heavy atom. The maximum Gasteiger partial charge on any atom is 0.204 e. The fourth-order valence-corrected chi connectivity index (χ4v) is 2.00. The minimum absolute atomic E-state index is 0.0447. The molecule has 0 atom stereocenters. The first-order chi connectivity index (χ1) is 9.11. The summed E-state index contributed by atoms with van der Waals surface area (Å²) >= 11 is 5.99. The van der Waals surface area contributed by atoms with Gasteiger partial charge in [0, 0.05) is 23.3 Å². The standard InChI is InChI=1S/C14H16ClN3O/c1-3-16-9-13-14(19)7-10(2)18(17-13)12-6-4-5-11(15)8-12/h4-8,16H,3,9H2,1-2H3. The zero-order valence-corrected chi connectivity index (χ0v) is 11.7. The SMILES string of the molecule is CCNCc1nn(-c2cccc(Cl)c2)c(C)cc1=O. The number of nitrogens with zero attached hydrogens (tertiary/aromatic N) is 2. The van der Waals surface area contributed by atoms with Gasteiger partial charge in [0.25, 0.3) is 0 Å². The Bertz CT molecular complexity index is 637. The van der Waals surface area contributed by atoms with Gasteiger partial charge in [0.1, 0.15) is 5.69 Å². The maximum absolute atomic E-state index is 11.9. The number of aromatic nitrogens is 2. The van der Waals surface area contributed by atoms with Crippen LogP contribution in [0.2, 0.25) is 5.02 Å². The molecule has 0 radical (unpaired) electrons. The lowest BCUT2D eigenvalue weighted by atomic mass is 10.3. The van der Waals surface area contributed by atoms with Crippen LogP contribution in [0.1, 0.15) is 18.3 Å². The number of nitrogens with one attached hydrogen (secondary N) is 1. The summed E-state index contributed by atoms with van der Waals surface area (Å²) in [5.74, 6) is 0. The third-order valence-corrected chi connectivity index (χ3v) is 3.01. The second-order valence-electron chi connectivity index (χ2n) is 4.27. The van der Waals surface area contributed by atoms with Gasteiger partial charge in [-0.25, -0.2) is 4.68 Å². The van der Waals surface area contributed by atoms with E-state index in [1.54, 1.807) is 10.7 Å². The molecular weight excluding hydrogens is 262 g/mol. The summed E-state index contributed by atoms with van der Waals surface area (Å²) in [5.41, 5.74) is 2.10. The van der Waals surface area contributed by atoms with Crippen LogP contribution in [0, 0.1) is 6.92 Å². The second kappa shape index (κ2) is 5.99. The molecule has 1 aromatic carbocycles. The van der Waals surface area contributed by atoms with Crippen LogP contribution in [0.4, 0.5) is 0 Å². The van der Waals surface area contributed by atoms with Crippen molar-refractivity contribution in [1.29, 1.82) is 0 Å². The quantitative estimate of drug-likeness (QED) is 0.933. The minimum Gasteiger partial charge on any atom is -0.311 e. The van der Waals surface area contributed by atoms with Gasteiger partial charge in [0.05, 0.1) is 5.69 Å². The number of hydrogen-bond acceptors (Lipinski definition) is 3. The van der Waals surface area contributed by atoms with E-state index in [1.807, 2.05) is 38.1 Å². The van der Waals surface area contributed by atoms with E-state index in [1.165, 1.54) is 0 Å². The largest absolute Gasteiger partial charge is 0.311 e. The summed E-state index contributed by atoms with van der Waals surface area (Å²) in [6.07, 6.45) is 0. The number of hydrogen-bond donors (Lipinski definition) is 1. The van der Waals surface area contributed by atoms with E-state index < -0.39 is 0 Å². The molecular formula is C14H16ClN3O. The predicted molar refractivity (Wildman–Crippen MR) is 77.0 cm³/mol. The summed E-state index contributed by atoms with van der Waals surface area (Å²) in [6.45, 7) is 5.11. The third-order valence-electron chi connectivity index (χ3n) is 2.77. The van der Waals surface area contributed by atoms with Crippen molar-refractivity contribution < 1.29 is 0 Å². The Labute approximate surface area is 117 Å². The number of aryl methyl sites for hydroxylation is 1. The molecule has 1 N–H and O–H groups in total. The van der Waals surface area contributed by atoms with Gasteiger partial charge in [0.2, 0.25) is 5.43 Å². The molecule has 1 heterocycles. The first-order valence-corrected chi connectivity index (χ1v) is 6.56. The molecule has 5 heteroatoms. The normalized spacial score (nSPS) is 10.7. The van der Waals surface area contributed by atoms with Crippen molar-refractivity contribution in [1.82, 2.24) is 15.1 Å². The highest BCUT2D eigenvalue weighted by molar-refractivity contribution is 6.30. The van der Waals surface area contributed by atoms with E-state index in [0.717, 1.165) is 17.9 Å². The molecule has 2 rings (SSSR count). The number of rotatable bonds is 4. The lowest BCUT2D eigenvalue weighted by Gasteiger charge is -2.11. The molecule has 0 aliphatic heterocycles. The van der Waals surface area contributed by atoms with E-state index in [0.29, 0.717) is 17.3 Å². The number of halogens is 1. The van der Waals surface area contributed by atoms with Crippen molar-refractivity contribution in [3.63, 3.8) is 0 Å². The molecule has 4 nitrogen and oxygen atoms in total. The highest BCUT2D eigenvalue weighted by atomic mass is 35.5. The maximum atomic E-state index is 11.9. The fraction of sp³-hybridized carbons (Fsp3) is 0.286. The molecule has 0 spiro atoms. The van der Waals surface area contributed by atoms with E-state index in [4.69, 9.17) is 11.6 Å². The average molecular weight is 278 g/mol. The average Bonchev–Trinajstić information content (AvgIpc) is 2.38. The van der Waals surface area contributed by atoms with Crippen LogP contribution in [0.3, 0.4) is 0 Å². The van der Waals surface area contributed by atoms with Crippen molar-refractivity contribution in [3.8, 4) is 5.69 Å². The molecule has 0 aliphatic carbocycles. The van der Waals surface area contributed by atoms with Crippen LogP contribution in [0.5, 0.6) is 0 Å². The van der Waals surface area contributed by atoms with Crippen molar-refractivity contribution in [2.45, 2.75) is 20.4 Å². The molecule has 100 valence electrons. The molecule has 0 unspecified atom stereocenters. The summed E-state index contributed by atoms with van der Waals surface area (Å²) in [4.78, 5) is 11.9. The lowest BCUT2D eigenvalue weighted by molar-refractivity contribution is 0.666. The van der Waals surface area contributed by atoms with Gasteiger partial charge in [0.15, 0.2) is 0 Å². The molecule has 0 bridgehead atoms. The smallest absolute Gasteiger partial charge is 0.204 e. The molecule has 0 fully saturated rings. The van der Waals surface area contributed by atoms with E-state index in [9.17, 15) is 4.79 Å². The lowest BCUT2D eigenvalue weighted by Crippen LogP contribution is -2.24. The van der Waals surface area contributed by atoms with Crippen LogP contribution in [0.15, 0.2) is 35.1 Å². The third kappa shape index (κ3) is 3.22. The van der Waals surface area contributed by atoms with Crippen molar-refractivity contribution in [2.24, 2.45) is 0 Å². The Balaban J connectivity index is 2.48. The first-order valence-electron chi connectivity index (χ1n) is 6.18. The summed E-state index contributed by atoms with van der Waals surface area (Å²) < 4.78 is 1.74. The summed E-state index contributed by atoms with van der Waals surface area (Å²) in [5, 5.41) is 8.16. The van der Waals surface area contributed by atoms with E-state index in [-0.39, 0.29) is 5.43 Å². The highest BCUT2D eigenvalue weighted by Gasteiger charge is 2.07. The van der Waals surface area contributed by atoms with Gasteiger partial charge in [-0.15, -0.1) is 0 Å². The van der Waals surface area contributed by atoms with E-state index in [2.05, 4.69) is 10.4 Å². The van der Waals surface area contributed by atoms with Gasteiger partial charge in [-0.1, -0.05) is 24.6 Å². The van der Waals surface area contributed by atoms with Gasteiger partial charge < -0.3 is 5.32 Å². The Morgan fingerprint density at radius 2 is 2.16 bits per heavy atom. The van der Waals surface area contributed by atoms with Gasteiger partial charge in [-0.05, 0) is 31.7 Å². The van der Waals surface area contributed by atoms with Gasteiger partial charge >= 0.3 is 0 Å². The fourth-order valence-electron chi connectivity index (χ4n) is 1.82. The van der Waals surface area contributed by atoms with Gasteiger partial charge in [-0.3, -0.25) is 4.79 Å². The monoisotopic (exact) mass is 277 g/mol. The molecule has 1 aromatic heterocycles. The van der Waals surface area contributed by atoms with Crippen LogP contribution in [0.25, 0.3) is 5.69 Å². The molecule has 0 amide bonds. The Kier molecular flexibility index (Phi) is 4.35. The molecule has 2 aromatic rings. The van der Waals surface area contributed by atoms with Crippen molar-refractivity contribution in [3.05, 3.63) is 57.0 Å². The van der Waals surface area contributed by atoms with Crippen LogP contribution >= 0.6 is 11.6 Å². The van der Waals surface area contributed by atoms with Crippen LogP contribution in [-0.2, 0) is 6.54 Å². The molecule has 19 heavy (non-hydrogen) atoms. The second-order valence-corrected chi connectivity index (χ2v) is 4.71. The molecule has 0 aliphatic rings. The van der Waals surface area contributed by atoms with Crippen LogP contribution in [-0.4, -0.2) is 16.3 Å². The predicted octanol–water partition coefficient (Wildman–Crippen LogP) is 2.30. The number of benzene rings is 1. The molecule has 0 saturated heterocycles. The zero-order valence-electron chi connectivity index (χ0n) is 11.0. The first kappa shape index (κ1) is 13.8. The summed E-state index contributed by atoms with van der Waals surface area (Å²) in [7, 11) is 0. The topological polar surface area (TPSA) is 46.9 Å². The highest BCUT2D eigenvalue weighted by Crippen LogP contribution is 2.14. The van der Waals surface area contributed by atoms with Crippen molar-refractivity contribution in [2.75, 3.05) is 6.54 Å². The van der Waals surface area contributed by atoms with Gasteiger partial charge in [-0.2, -0.15) is 5.10 Å². The van der Waals surface area contributed by atoms with Crippen molar-refractivity contribution >= 4 is 11.6 Å². The van der Waals surface area contributed by atoms with E-state index >= 15 is 0 Å².